The van der Waals surface area contributed by atoms with Crippen LogP contribution >= 0.6 is 0 Å². The van der Waals surface area contributed by atoms with E-state index in [1.54, 1.807) is 17.0 Å². The maximum absolute atomic E-state index is 11.6. The molecular weight excluding hydrogens is 242 g/mol. The number of ether oxygens (including phenoxy) is 1. The molecule has 6 heteroatoms. The molecule has 1 amide bonds. The molecule has 17 heavy (non-hydrogen) atoms. The van der Waals surface area contributed by atoms with E-state index in [4.69, 9.17) is 4.74 Å². The molecule has 0 atom stereocenters. The SMILES string of the molecule is CS(=O)(=O)c1ccc(N2CCOCC2=O)cc1. The van der Waals surface area contributed by atoms with Crippen molar-refractivity contribution >= 4 is 21.4 Å². The van der Waals surface area contributed by atoms with Gasteiger partial charge in [0.1, 0.15) is 6.61 Å². The summed E-state index contributed by atoms with van der Waals surface area (Å²) in [6, 6.07) is 6.29. The van der Waals surface area contributed by atoms with Crippen molar-refractivity contribution in [3.8, 4) is 0 Å². The van der Waals surface area contributed by atoms with Crippen LogP contribution in [0.25, 0.3) is 0 Å². The van der Waals surface area contributed by atoms with Crippen molar-refractivity contribution < 1.29 is 17.9 Å². The second-order valence-corrected chi connectivity index (χ2v) is 5.88. The lowest BCUT2D eigenvalue weighted by atomic mass is 10.2. The topological polar surface area (TPSA) is 63.7 Å². The summed E-state index contributed by atoms with van der Waals surface area (Å²) in [6.07, 6.45) is 1.15. The molecule has 1 heterocycles. The van der Waals surface area contributed by atoms with Crippen molar-refractivity contribution in [2.24, 2.45) is 0 Å². The fraction of sp³-hybridized carbons (Fsp3) is 0.364. The molecule has 0 aliphatic carbocycles. The van der Waals surface area contributed by atoms with Gasteiger partial charge in [-0.3, -0.25) is 4.79 Å². The monoisotopic (exact) mass is 255 g/mol. The van der Waals surface area contributed by atoms with Gasteiger partial charge in [-0.15, -0.1) is 0 Å². The summed E-state index contributed by atoms with van der Waals surface area (Å²) in [5, 5.41) is 0. The molecule has 1 aromatic carbocycles. The van der Waals surface area contributed by atoms with Crippen molar-refractivity contribution in [2.45, 2.75) is 4.90 Å². The lowest BCUT2D eigenvalue weighted by Crippen LogP contribution is -2.41. The van der Waals surface area contributed by atoms with Crippen molar-refractivity contribution in [3.63, 3.8) is 0 Å². The molecule has 1 aromatic rings. The normalized spacial score (nSPS) is 17.2. The van der Waals surface area contributed by atoms with Gasteiger partial charge in [0.25, 0.3) is 5.91 Å². The number of morpholine rings is 1. The molecule has 0 aromatic heterocycles. The number of benzene rings is 1. The van der Waals surface area contributed by atoms with Crippen LogP contribution < -0.4 is 4.90 Å². The van der Waals surface area contributed by atoms with Gasteiger partial charge in [-0.2, -0.15) is 0 Å². The van der Waals surface area contributed by atoms with Crippen molar-refractivity contribution in [3.05, 3.63) is 24.3 Å². The average molecular weight is 255 g/mol. The lowest BCUT2D eigenvalue weighted by Gasteiger charge is -2.26. The van der Waals surface area contributed by atoms with E-state index in [9.17, 15) is 13.2 Å². The lowest BCUT2D eigenvalue weighted by molar-refractivity contribution is -0.125. The van der Waals surface area contributed by atoms with Crippen LogP contribution in [0.15, 0.2) is 29.2 Å². The van der Waals surface area contributed by atoms with Gasteiger partial charge in [0.05, 0.1) is 11.5 Å². The van der Waals surface area contributed by atoms with Crippen LogP contribution in [-0.4, -0.2) is 40.3 Å². The summed E-state index contributed by atoms with van der Waals surface area (Å²) in [7, 11) is -3.19. The van der Waals surface area contributed by atoms with E-state index >= 15 is 0 Å². The highest BCUT2D eigenvalue weighted by molar-refractivity contribution is 7.90. The summed E-state index contributed by atoms with van der Waals surface area (Å²) >= 11 is 0. The third kappa shape index (κ3) is 2.65. The molecule has 0 bridgehead atoms. The van der Waals surface area contributed by atoms with Crippen LogP contribution in [0.3, 0.4) is 0 Å². The number of hydrogen-bond donors (Lipinski definition) is 0. The minimum Gasteiger partial charge on any atom is -0.370 e. The van der Waals surface area contributed by atoms with Gasteiger partial charge in [-0.25, -0.2) is 8.42 Å². The second-order valence-electron chi connectivity index (χ2n) is 3.86. The third-order valence-electron chi connectivity index (χ3n) is 2.56. The molecule has 92 valence electrons. The molecule has 0 spiro atoms. The highest BCUT2D eigenvalue weighted by atomic mass is 32.2. The maximum Gasteiger partial charge on any atom is 0.253 e. The Hall–Kier alpha value is -1.40. The number of hydrogen-bond acceptors (Lipinski definition) is 4. The molecule has 0 saturated carbocycles. The molecule has 5 nitrogen and oxygen atoms in total. The Balaban J connectivity index is 2.26. The Bertz CT molecular complexity index is 521. The quantitative estimate of drug-likeness (QED) is 0.770. The Morgan fingerprint density at radius 2 is 1.88 bits per heavy atom. The molecule has 1 aliphatic rings. The number of nitrogens with zero attached hydrogens (tertiary/aromatic N) is 1. The van der Waals surface area contributed by atoms with E-state index in [0.717, 1.165) is 6.26 Å². The van der Waals surface area contributed by atoms with Crippen LogP contribution in [-0.2, 0) is 19.4 Å². The van der Waals surface area contributed by atoms with Crippen molar-refractivity contribution in [1.29, 1.82) is 0 Å². The second kappa shape index (κ2) is 4.46. The van der Waals surface area contributed by atoms with Gasteiger partial charge in [0.15, 0.2) is 9.84 Å². The fourth-order valence-corrected chi connectivity index (χ4v) is 2.29. The Kier molecular flexibility index (Phi) is 3.17. The third-order valence-corrected chi connectivity index (χ3v) is 3.69. The van der Waals surface area contributed by atoms with Crippen molar-refractivity contribution in [2.75, 3.05) is 30.9 Å². The van der Waals surface area contributed by atoms with Gasteiger partial charge in [0.2, 0.25) is 0 Å². The van der Waals surface area contributed by atoms with Crippen LogP contribution in [0.4, 0.5) is 5.69 Å². The molecule has 0 N–H and O–H groups in total. The van der Waals surface area contributed by atoms with E-state index in [0.29, 0.717) is 18.8 Å². The number of carbonyl (C=O) groups is 1. The first kappa shape index (κ1) is 12.1. The van der Waals surface area contributed by atoms with E-state index in [1.165, 1.54) is 12.1 Å². The first-order valence-corrected chi connectivity index (χ1v) is 7.06. The van der Waals surface area contributed by atoms with Gasteiger partial charge >= 0.3 is 0 Å². The predicted molar refractivity (Wildman–Crippen MR) is 62.7 cm³/mol. The van der Waals surface area contributed by atoms with E-state index < -0.39 is 9.84 Å². The van der Waals surface area contributed by atoms with Gasteiger partial charge in [0, 0.05) is 18.5 Å². The molecule has 0 unspecified atom stereocenters. The van der Waals surface area contributed by atoms with Crippen molar-refractivity contribution in [1.82, 2.24) is 0 Å². The minimum absolute atomic E-state index is 0.0772. The first-order chi connectivity index (χ1) is 7.98. The minimum atomic E-state index is -3.19. The molecule has 2 rings (SSSR count). The Morgan fingerprint density at radius 3 is 2.41 bits per heavy atom. The zero-order valence-electron chi connectivity index (χ0n) is 9.42. The average Bonchev–Trinajstić information content (AvgIpc) is 2.29. The largest absolute Gasteiger partial charge is 0.370 e. The number of carbonyl (C=O) groups excluding carboxylic acids is 1. The summed E-state index contributed by atoms with van der Waals surface area (Å²) in [6.45, 7) is 1.07. The van der Waals surface area contributed by atoms with E-state index in [-0.39, 0.29) is 17.4 Å². The molecule has 1 aliphatic heterocycles. The first-order valence-electron chi connectivity index (χ1n) is 5.17. The number of anilines is 1. The summed E-state index contributed by atoms with van der Waals surface area (Å²) in [5.41, 5.74) is 0.700. The summed E-state index contributed by atoms with van der Waals surface area (Å²) in [4.78, 5) is 13.4. The molecule has 0 radical (unpaired) electrons. The summed E-state index contributed by atoms with van der Waals surface area (Å²) < 4.78 is 27.6. The standard InChI is InChI=1S/C11H13NO4S/c1-17(14,15)10-4-2-9(3-5-10)12-6-7-16-8-11(12)13/h2-5H,6-8H2,1H3. The Labute approximate surface area is 99.9 Å². The van der Waals surface area contributed by atoms with Crippen LogP contribution in [0.2, 0.25) is 0 Å². The van der Waals surface area contributed by atoms with E-state index in [2.05, 4.69) is 0 Å². The van der Waals surface area contributed by atoms with E-state index in [1.807, 2.05) is 0 Å². The maximum atomic E-state index is 11.6. The predicted octanol–water partition coefficient (Wildman–Crippen LogP) is 0.453. The fourth-order valence-electron chi connectivity index (χ4n) is 1.66. The number of amides is 1. The van der Waals surface area contributed by atoms with Gasteiger partial charge in [-0.1, -0.05) is 0 Å². The highest BCUT2D eigenvalue weighted by Gasteiger charge is 2.20. The molecule has 1 saturated heterocycles. The van der Waals surface area contributed by atoms with Gasteiger partial charge < -0.3 is 9.64 Å². The van der Waals surface area contributed by atoms with Gasteiger partial charge in [-0.05, 0) is 24.3 Å². The number of sulfone groups is 1. The number of rotatable bonds is 2. The van der Waals surface area contributed by atoms with Crippen LogP contribution in [0.5, 0.6) is 0 Å². The Morgan fingerprint density at radius 1 is 1.24 bits per heavy atom. The smallest absolute Gasteiger partial charge is 0.253 e. The molecule has 1 fully saturated rings. The van der Waals surface area contributed by atoms with Crippen LogP contribution in [0, 0.1) is 0 Å². The highest BCUT2D eigenvalue weighted by Crippen LogP contribution is 2.19. The zero-order chi connectivity index (χ0) is 12.5. The van der Waals surface area contributed by atoms with Crippen LogP contribution in [0.1, 0.15) is 0 Å². The molecular formula is C11H13NO4S. The summed E-state index contributed by atoms with van der Waals surface area (Å²) in [5.74, 6) is -0.108. The zero-order valence-corrected chi connectivity index (χ0v) is 10.2.